The van der Waals surface area contributed by atoms with E-state index in [9.17, 15) is 0 Å². The Morgan fingerprint density at radius 1 is 1.23 bits per heavy atom. The van der Waals surface area contributed by atoms with Crippen molar-refractivity contribution in [2.75, 3.05) is 19.8 Å². The quantitative estimate of drug-likeness (QED) is 0.805. The van der Waals surface area contributed by atoms with E-state index in [2.05, 4.69) is 21.5 Å². The van der Waals surface area contributed by atoms with Crippen molar-refractivity contribution >= 4 is 0 Å². The molecule has 3 aliphatic rings. The highest BCUT2D eigenvalue weighted by Crippen LogP contribution is 2.33. The van der Waals surface area contributed by atoms with Crippen molar-refractivity contribution in [3.63, 3.8) is 0 Å². The second kappa shape index (κ2) is 6.30. The van der Waals surface area contributed by atoms with Gasteiger partial charge in [0.2, 0.25) is 0 Å². The fourth-order valence-corrected chi connectivity index (χ4v) is 3.79. The van der Waals surface area contributed by atoms with Gasteiger partial charge in [-0.3, -0.25) is 4.90 Å². The predicted molar refractivity (Wildman–Crippen MR) is 83.5 cm³/mol. The maximum atomic E-state index is 6.30. The van der Waals surface area contributed by atoms with Gasteiger partial charge in [-0.2, -0.15) is 0 Å². The zero-order valence-corrected chi connectivity index (χ0v) is 13.5. The molecule has 0 radical (unpaired) electrons. The number of fused-ring (bicyclic) bond motifs is 1. The van der Waals surface area contributed by atoms with Gasteiger partial charge >= 0.3 is 0 Å². The number of aryl methyl sites for hydroxylation is 1. The van der Waals surface area contributed by atoms with Gasteiger partial charge in [0.15, 0.2) is 0 Å². The molecule has 3 atom stereocenters. The van der Waals surface area contributed by atoms with Gasteiger partial charge in [-0.05, 0) is 38.0 Å². The first-order valence-corrected chi connectivity index (χ1v) is 8.73. The summed E-state index contributed by atoms with van der Waals surface area (Å²) in [5.74, 6) is 1.99. The van der Waals surface area contributed by atoms with E-state index in [1.807, 2.05) is 12.4 Å². The molecule has 0 amide bonds. The summed E-state index contributed by atoms with van der Waals surface area (Å²) in [6.45, 7) is 3.80. The van der Waals surface area contributed by atoms with Crippen LogP contribution in [0.5, 0.6) is 0 Å². The fourth-order valence-electron chi connectivity index (χ4n) is 3.79. The van der Waals surface area contributed by atoms with E-state index in [4.69, 9.17) is 9.47 Å². The van der Waals surface area contributed by atoms with Crippen LogP contribution in [0.3, 0.4) is 0 Å². The van der Waals surface area contributed by atoms with Crippen LogP contribution in [0, 0.1) is 5.92 Å². The van der Waals surface area contributed by atoms with E-state index < -0.39 is 0 Å². The Bertz CT molecular complexity index is 500. The number of rotatable bonds is 6. The molecule has 1 aromatic rings. The first-order chi connectivity index (χ1) is 10.8. The first kappa shape index (κ1) is 14.7. The van der Waals surface area contributed by atoms with Crippen LogP contribution in [-0.4, -0.2) is 52.5 Å². The standard InChI is InChI=1S/C17H27N3O2/c1-19-9-7-18-17(19)10-20-8-6-16-15(20)5-4-14(22-16)12-21-11-13-2-3-13/h7,9,13-16H,2-6,8,10-12H2,1H3/t14-,15-,16-/m0/s1. The lowest BCUT2D eigenvalue weighted by Gasteiger charge is -2.35. The lowest BCUT2D eigenvalue weighted by atomic mass is 9.99. The van der Waals surface area contributed by atoms with Crippen molar-refractivity contribution < 1.29 is 9.47 Å². The summed E-state index contributed by atoms with van der Waals surface area (Å²) in [5.41, 5.74) is 0. The van der Waals surface area contributed by atoms with Gasteiger partial charge < -0.3 is 14.0 Å². The number of aromatic nitrogens is 2. The van der Waals surface area contributed by atoms with Crippen LogP contribution in [-0.2, 0) is 23.1 Å². The van der Waals surface area contributed by atoms with Gasteiger partial charge in [-0.15, -0.1) is 0 Å². The van der Waals surface area contributed by atoms with Crippen LogP contribution in [0.25, 0.3) is 0 Å². The van der Waals surface area contributed by atoms with Crippen molar-refractivity contribution in [3.8, 4) is 0 Å². The Labute approximate surface area is 132 Å². The third-order valence-corrected chi connectivity index (χ3v) is 5.37. The van der Waals surface area contributed by atoms with E-state index in [1.165, 1.54) is 19.3 Å². The predicted octanol–water partition coefficient (Wildman–Crippen LogP) is 1.97. The van der Waals surface area contributed by atoms with Crippen molar-refractivity contribution in [3.05, 3.63) is 18.2 Å². The Morgan fingerprint density at radius 2 is 2.14 bits per heavy atom. The van der Waals surface area contributed by atoms with E-state index >= 15 is 0 Å². The Kier molecular flexibility index (Phi) is 4.20. The molecule has 1 saturated carbocycles. The monoisotopic (exact) mass is 305 g/mol. The van der Waals surface area contributed by atoms with Gasteiger partial charge in [-0.25, -0.2) is 4.98 Å². The molecule has 0 aromatic carbocycles. The van der Waals surface area contributed by atoms with Gasteiger partial charge in [0.05, 0.1) is 25.4 Å². The summed E-state index contributed by atoms with van der Waals surface area (Å²) >= 11 is 0. The van der Waals surface area contributed by atoms with E-state index in [0.717, 1.165) is 50.9 Å². The second-order valence-corrected chi connectivity index (χ2v) is 7.14. The van der Waals surface area contributed by atoms with Gasteiger partial charge in [0.25, 0.3) is 0 Å². The zero-order valence-electron chi connectivity index (χ0n) is 13.5. The van der Waals surface area contributed by atoms with Crippen LogP contribution in [0.15, 0.2) is 12.4 Å². The molecule has 3 heterocycles. The highest BCUT2D eigenvalue weighted by atomic mass is 16.5. The molecule has 0 spiro atoms. The third kappa shape index (κ3) is 3.21. The van der Waals surface area contributed by atoms with Crippen LogP contribution >= 0.6 is 0 Å². The van der Waals surface area contributed by atoms with Gasteiger partial charge in [0.1, 0.15) is 5.82 Å². The fraction of sp³-hybridized carbons (Fsp3) is 0.824. The lowest BCUT2D eigenvalue weighted by Crippen LogP contribution is -2.43. The molecule has 22 heavy (non-hydrogen) atoms. The normalized spacial score (nSPS) is 32.3. The molecule has 0 unspecified atom stereocenters. The minimum absolute atomic E-state index is 0.313. The highest BCUT2D eigenvalue weighted by molar-refractivity contribution is 4.97. The molecular formula is C17H27N3O2. The summed E-state index contributed by atoms with van der Waals surface area (Å²) in [7, 11) is 2.07. The molecule has 122 valence electrons. The van der Waals surface area contributed by atoms with Gasteiger partial charge in [0, 0.05) is 38.6 Å². The molecule has 1 aromatic heterocycles. The molecule has 2 aliphatic heterocycles. The number of hydrogen-bond acceptors (Lipinski definition) is 4. The molecule has 0 bridgehead atoms. The van der Waals surface area contributed by atoms with E-state index in [-0.39, 0.29) is 0 Å². The molecule has 5 heteroatoms. The van der Waals surface area contributed by atoms with Crippen molar-refractivity contribution in [1.29, 1.82) is 0 Å². The Morgan fingerprint density at radius 3 is 2.91 bits per heavy atom. The maximum Gasteiger partial charge on any atom is 0.122 e. The van der Waals surface area contributed by atoms with Crippen molar-refractivity contribution in [2.45, 2.75) is 56.9 Å². The average molecular weight is 305 g/mol. The van der Waals surface area contributed by atoms with Crippen molar-refractivity contribution in [2.24, 2.45) is 13.0 Å². The molecule has 5 nitrogen and oxygen atoms in total. The minimum atomic E-state index is 0.313. The topological polar surface area (TPSA) is 39.5 Å². The second-order valence-electron chi connectivity index (χ2n) is 7.14. The van der Waals surface area contributed by atoms with Crippen LogP contribution < -0.4 is 0 Å². The maximum absolute atomic E-state index is 6.30. The number of imidazole rings is 1. The molecule has 1 aliphatic carbocycles. The largest absolute Gasteiger partial charge is 0.378 e. The molecule has 3 fully saturated rings. The summed E-state index contributed by atoms with van der Waals surface area (Å²) in [6.07, 6.45) is 10.8. The number of nitrogens with zero attached hydrogens (tertiary/aromatic N) is 3. The lowest BCUT2D eigenvalue weighted by molar-refractivity contribution is -0.101. The highest BCUT2D eigenvalue weighted by Gasteiger charge is 2.40. The first-order valence-electron chi connectivity index (χ1n) is 8.73. The Hall–Kier alpha value is -0.910. The Balaban J connectivity index is 1.27. The summed E-state index contributed by atoms with van der Waals surface area (Å²) in [5, 5.41) is 0. The smallest absolute Gasteiger partial charge is 0.122 e. The average Bonchev–Trinajstić information content (AvgIpc) is 3.13. The number of likely N-dealkylation sites (tertiary alicyclic amines) is 1. The molecule has 0 N–H and O–H groups in total. The zero-order chi connectivity index (χ0) is 14.9. The van der Waals surface area contributed by atoms with Gasteiger partial charge in [-0.1, -0.05) is 0 Å². The van der Waals surface area contributed by atoms with Crippen LogP contribution in [0.4, 0.5) is 0 Å². The summed E-state index contributed by atoms with van der Waals surface area (Å²) in [4.78, 5) is 7.01. The number of hydrogen-bond donors (Lipinski definition) is 0. The number of ether oxygens (including phenoxy) is 2. The molecule has 2 saturated heterocycles. The minimum Gasteiger partial charge on any atom is -0.378 e. The van der Waals surface area contributed by atoms with Crippen LogP contribution in [0.2, 0.25) is 0 Å². The summed E-state index contributed by atoms with van der Waals surface area (Å²) in [6, 6.07) is 0.566. The van der Waals surface area contributed by atoms with E-state index in [1.54, 1.807) is 0 Å². The molecular weight excluding hydrogens is 278 g/mol. The van der Waals surface area contributed by atoms with Crippen molar-refractivity contribution in [1.82, 2.24) is 14.5 Å². The van der Waals surface area contributed by atoms with Crippen LogP contribution in [0.1, 0.15) is 37.9 Å². The SMILES string of the molecule is Cn1ccnc1CN1CC[C@@H]2O[C@H](COCC3CC3)CC[C@@H]21. The summed E-state index contributed by atoms with van der Waals surface area (Å²) < 4.78 is 14.2. The van der Waals surface area contributed by atoms with E-state index in [0.29, 0.717) is 18.2 Å². The molecule has 4 rings (SSSR count). The third-order valence-electron chi connectivity index (χ3n) is 5.37.